The van der Waals surface area contributed by atoms with Crippen LogP contribution in [0.3, 0.4) is 0 Å². The van der Waals surface area contributed by atoms with Crippen LogP contribution >= 0.6 is 0 Å². The van der Waals surface area contributed by atoms with Gasteiger partial charge < -0.3 is 14.2 Å². The second-order valence-corrected chi connectivity index (χ2v) is 9.45. The fourth-order valence-electron chi connectivity index (χ4n) is 3.61. The predicted octanol–water partition coefficient (Wildman–Crippen LogP) is 3.07. The molecule has 34 heavy (non-hydrogen) atoms. The van der Waals surface area contributed by atoms with Gasteiger partial charge >= 0.3 is 0 Å². The zero-order chi connectivity index (χ0) is 23.7. The number of ether oxygens (including phenoxy) is 3. The molecule has 0 saturated heterocycles. The molecule has 0 unspecified atom stereocenters. The maximum atomic E-state index is 13.4. The average molecular weight is 482 g/mol. The molecule has 1 N–H and O–H groups in total. The number of hydrogen-bond donors (Lipinski definition) is 1. The Kier molecular flexibility index (Phi) is 5.70. The normalized spacial score (nSPS) is 13.6. The summed E-state index contributed by atoms with van der Waals surface area (Å²) in [4.78, 5) is 4.25. The summed E-state index contributed by atoms with van der Waals surface area (Å²) < 4.78 is 47.4. The van der Waals surface area contributed by atoms with Gasteiger partial charge in [-0.2, -0.15) is 0 Å². The summed E-state index contributed by atoms with van der Waals surface area (Å²) in [7, 11) is -1.35. The molecule has 1 aliphatic rings. The van der Waals surface area contributed by atoms with Gasteiger partial charge in [0.2, 0.25) is 11.8 Å². The minimum atomic E-state index is -4.14. The lowest BCUT2D eigenvalue weighted by Crippen LogP contribution is -2.17. The van der Waals surface area contributed by atoms with Gasteiger partial charge in [-0.1, -0.05) is 12.1 Å². The Morgan fingerprint density at radius 2 is 1.79 bits per heavy atom. The lowest BCUT2D eigenvalue weighted by molar-refractivity contribution is 0.287. The van der Waals surface area contributed by atoms with Crippen molar-refractivity contribution >= 4 is 21.6 Å². The average Bonchev–Trinajstić information content (AvgIpc) is 3.57. The van der Waals surface area contributed by atoms with Crippen LogP contribution in [0, 0.1) is 0 Å². The molecule has 0 spiro atoms. The molecule has 1 aliphatic carbocycles. The molecule has 0 atom stereocenters. The number of aromatic nitrogens is 4. The van der Waals surface area contributed by atoms with Crippen molar-refractivity contribution in [2.45, 2.75) is 30.3 Å². The van der Waals surface area contributed by atoms with E-state index < -0.39 is 10.0 Å². The molecule has 176 valence electrons. The van der Waals surface area contributed by atoms with E-state index in [-0.39, 0.29) is 28.4 Å². The monoisotopic (exact) mass is 481 g/mol. The summed E-state index contributed by atoms with van der Waals surface area (Å²) in [5, 5.41) is 8.29. The molecule has 0 aliphatic heterocycles. The first-order valence-electron chi connectivity index (χ1n) is 10.7. The van der Waals surface area contributed by atoms with Crippen LogP contribution < -0.4 is 18.9 Å². The van der Waals surface area contributed by atoms with Crippen LogP contribution in [0.15, 0.2) is 59.6 Å². The molecular weight excluding hydrogens is 458 g/mol. The number of rotatable bonds is 9. The van der Waals surface area contributed by atoms with E-state index in [0.717, 1.165) is 24.1 Å². The Hall–Kier alpha value is -3.86. The van der Waals surface area contributed by atoms with Gasteiger partial charge in [-0.15, -0.1) is 10.2 Å². The van der Waals surface area contributed by atoms with Crippen LogP contribution in [0.2, 0.25) is 0 Å². The highest BCUT2D eigenvalue weighted by atomic mass is 32.2. The lowest BCUT2D eigenvalue weighted by atomic mass is 10.1. The Morgan fingerprint density at radius 1 is 1.03 bits per heavy atom. The Balaban J connectivity index is 1.56. The van der Waals surface area contributed by atoms with Crippen molar-refractivity contribution in [1.29, 1.82) is 0 Å². The molecule has 3 heterocycles. The number of sulfonamides is 1. The SMILES string of the molecule is COc1cccc(OC)c1S(=O)(=O)Nc1nnc2cc(Cc3ccccn3)cc(OC3CC3)n12. The standard InChI is InChI=1S/C23H23N5O5S/c1-31-18-7-5-8-19(32-2)22(18)34(29,30)27-23-26-25-20-13-15(12-16-6-3-4-11-24-16)14-21(28(20)23)33-17-9-10-17/h3-8,11,13-14,17H,9-10,12H2,1-2H3,(H,26,27). The van der Waals surface area contributed by atoms with Gasteiger partial charge in [0.1, 0.15) is 17.6 Å². The Labute approximate surface area is 196 Å². The highest BCUT2D eigenvalue weighted by molar-refractivity contribution is 7.93. The summed E-state index contributed by atoms with van der Waals surface area (Å²) in [6.07, 6.45) is 4.27. The topological polar surface area (TPSA) is 117 Å². The largest absolute Gasteiger partial charge is 0.495 e. The summed E-state index contributed by atoms with van der Waals surface area (Å²) in [5.41, 5.74) is 2.27. The molecule has 4 aromatic rings. The van der Waals surface area contributed by atoms with E-state index in [0.29, 0.717) is 17.9 Å². The highest BCUT2D eigenvalue weighted by Crippen LogP contribution is 2.35. The van der Waals surface area contributed by atoms with Crippen molar-refractivity contribution in [3.8, 4) is 17.4 Å². The molecule has 10 nitrogen and oxygen atoms in total. The van der Waals surface area contributed by atoms with E-state index in [1.807, 2.05) is 30.3 Å². The number of hydrogen-bond acceptors (Lipinski definition) is 8. The first-order valence-corrected chi connectivity index (χ1v) is 12.2. The van der Waals surface area contributed by atoms with E-state index in [1.54, 1.807) is 28.8 Å². The maximum absolute atomic E-state index is 13.4. The van der Waals surface area contributed by atoms with Crippen molar-refractivity contribution in [2.24, 2.45) is 0 Å². The first-order chi connectivity index (χ1) is 16.5. The number of nitrogens with zero attached hydrogens (tertiary/aromatic N) is 4. The second-order valence-electron chi connectivity index (χ2n) is 7.83. The summed E-state index contributed by atoms with van der Waals surface area (Å²) in [6, 6.07) is 14.2. The summed E-state index contributed by atoms with van der Waals surface area (Å²) >= 11 is 0. The Morgan fingerprint density at radius 3 is 2.44 bits per heavy atom. The van der Waals surface area contributed by atoms with Gasteiger partial charge in [-0.25, -0.2) is 17.5 Å². The molecule has 1 saturated carbocycles. The molecule has 5 rings (SSSR count). The van der Waals surface area contributed by atoms with E-state index in [1.165, 1.54) is 14.2 Å². The third-order valence-corrected chi connectivity index (χ3v) is 6.72. The van der Waals surface area contributed by atoms with Crippen molar-refractivity contribution in [2.75, 3.05) is 18.9 Å². The first kappa shape index (κ1) is 22.0. The van der Waals surface area contributed by atoms with Gasteiger partial charge in [0.05, 0.1) is 14.2 Å². The van der Waals surface area contributed by atoms with E-state index in [9.17, 15) is 8.42 Å². The van der Waals surface area contributed by atoms with Crippen LogP contribution in [-0.2, 0) is 16.4 Å². The predicted molar refractivity (Wildman–Crippen MR) is 124 cm³/mol. The van der Waals surface area contributed by atoms with Crippen molar-refractivity contribution < 1.29 is 22.6 Å². The molecule has 0 radical (unpaired) electrons. The van der Waals surface area contributed by atoms with E-state index in [4.69, 9.17) is 14.2 Å². The summed E-state index contributed by atoms with van der Waals surface area (Å²) in [6.45, 7) is 0. The minimum Gasteiger partial charge on any atom is -0.495 e. The van der Waals surface area contributed by atoms with Crippen LogP contribution in [0.4, 0.5) is 5.95 Å². The number of pyridine rings is 2. The van der Waals surface area contributed by atoms with Crippen molar-refractivity contribution in [3.63, 3.8) is 0 Å². The maximum Gasteiger partial charge on any atom is 0.271 e. The van der Waals surface area contributed by atoms with Crippen LogP contribution in [0.5, 0.6) is 17.4 Å². The smallest absolute Gasteiger partial charge is 0.271 e. The minimum absolute atomic E-state index is 0.00277. The van der Waals surface area contributed by atoms with Gasteiger partial charge in [0.15, 0.2) is 10.5 Å². The summed E-state index contributed by atoms with van der Waals surface area (Å²) in [5.74, 6) is 0.754. The quantitative estimate of drug-likeness (QED) is 0.388. The number of benzene rings is 1. The molecule has 0 amide bonds. The highest BCUT2D eigenvalue weighted by Gasteiger charge is 2.29. The van der Waals surface area contributed by atoms with Crippen LogP contribution in [-0.4, -0.2) is 48.3 Å². The third-order valence-electron chi connectivity index (χ3n) is 5.33. The third kappa shape index (κ3) is 4.34. The second kappa shape index (κ2) is 8.82. The molecular formula is C23H23N5O5S. The van der Waals surface area contributed by atoms with E-state index >= 15 is 0 Å². The van der Waals surface area contributed by atoms with Gasteiger partial charge in [0, 0.05) is 24.4 Å². The molecule has 3 aromatic heterocycles. The fourth-order valence-corrected chi connectivity index (χ4v) is 4.92. The number of anilines is 1. The number of methoxy groups -OCH3 is 2. The van der Waals surface area contributed by atoms with Crippen LogP contribution in [0.25, 0.3) is 5.65 Å². The number of fused-ring (bicyclic) bond motifs is 1. The van der Waals surface area contributed by atoms with Crippen molar-refractivity contribution in [3.05, 3.63) is 66.0 Å². The molecule has 0 bridgehead atoms. The number of nitrogens with one attached hydrogen (secondary N) is 1. The molecule has 1 aromatic carbocycles. The van der Waals surface area contributed by atoms with Crippen LogP contribution in [0.1, 0.15) is 24.1 Å². The van der Waals surface area contributed by atoms with Gasteiger partial charge in [0.25, 0.3) is 10.0 Å². The Bertz CT molecular complexity index is 1410. The van der Waals surface area contributed by atoms with Crippen molar-refractivity contribution in [1.82, 2.24) is 19.6 Å². The van der Waals surface area contributed by atoms with Gasteiger partial charge in [-0.3, -0.25) is 4.98 Å². The lowest BCUT2D eigenvalue weighted by Gasteiger charge is -2.15. The zero-order valence-corrected chi connectivity index (χ0v) is 19.4. The fraction of sp³-hybridized carbons (Fsp3) is 0.261. The molecule has 11 heteroatoms. The zero-order valence-electron chi connectivity index (χ0n) is 18.6. The molecule has 1 fully saturated rings. The van der Waals surface area contributed by atoms with Gasteiger partial charge in [-0.05, 0) is 48.7 Å². The van der Waals surface area contributed by atoms with E-state index in [2.05, 4.69) is 19.9 Å².